The molecule has 0 fully saturated rings. The van der Waals surface area contributed by atoms with Gasteiger partial charge < -0.3 is 9.32 Å². The highest BCUT2D eigenvalue weighted by atomic mass is 32.1. The van der Waals surface area contributed by atoms with Crippen molar-refractivity contribution in [1.82, 2.24) is 0 Å². The molecule has 2 aromatic heterocycles. The van der Waals surface area contributed by atoms with E-state index < -0.39 is 5.41 Å². The summed E-state index contributed by atoms with van der Waals surface area (Å²) in [5.74, 6) is 0. The third-order valence-corrected chi connectivity index (χ3v) is 12.5. The predicted molar refractivity (Wildman–Crippen MR) is 224 cm³/mol. The van der Waals surface area contributed by atoms with Crippen LogP contribution in [-0.4, -0.2) is 0 Å². The quantitative estimate of drug-likeness (QED) is 0.178. The Bertz CT molecular complexity index is 2980. The fraction of sp³-hybridized carbons (Fsp3) is 0.0400. The average molecular weight is 696 g/mol. The topological polar surface area (TPSA) is 16.4 Å². The van der Waals surface area contributed by atoms with E-state index in [9.17, 15) is 0 Å². The molecule has 1 aliphatic carbocycles. The lowest BCUT2D eigenvalue weighted by atomic mass is 9.73. The van der Waals surface area contributed by atoms with E-state index in [2.05, 4.69) is 194 Å². The number of furan rings is 1. The maximum absolute atomic E-state index is 6.90. The molecule has 0 atom stereocenters. The summed E-state index contributed by atoms with van der Waals surface area (Å²) in [5, 5.41) is 4.80. The standard InChI is InChI=1S/C50H33NOS/c1-50(42-21-9-5-16-36(42)37-17-6-10-22-43(37)50)44-31-35(30-41-38-18-7-11-24-46(38)52-48(41)44)51(34-28-26-33(27-29-34)32-14-3-2-4-15-32)45-23-13-20-40-39-19-8-12-25-47(39)53-49(40)45/h2-31H,1H3. The van der Waals surface area contributed by atoms with E-state index in [4.69, 9.17) is 4.42 Å². The minimum Gasteiger partial charge on any atom is -0.456 e. The van der Waals surface area contributed by atoms with Gasteiger partial charge >= 0.3 is 0 Å². The van der Waals surface area contributed by atoms with Crippen LogP contribution in [0.1, 0.15) is 23.6 Å². The van der Waals surface area contributed by atoms with Crippen molar-refractivity contribution in [1.29, 1.82) is 0 Å². The molecule has 8 aromatic carbocycles. The van der Waals surface area contributed by atoms with Gasteiger partial charge in [0.2, 0.25) is 0 Å². The Balaban J connectivity index is 1.23. The minimum atomic E-state index is -0.457. The number of hydrogen-bond acceptors (Lipinski definition) is 3. The molecule has 0 unspecified atom stereocenters. The number of fused-ring (bicyclic) bond motifs is 9. The highest BCUT2D eigenvalue weighted by Crippen LogP contribution is 2.56. The zero-order valence-electron chi connectivity index (χ0n) is 29.1. The summed E-state index contributed by atoms with van der Waals surface area (Å²) in [6.07, 6.45) is 0. The third kappa shape index (κ3) is 4.44. The fourth-order valence-electron chi connectivity index (χ4n) is 8.82. The molecule has 0 spiro atoms. The molecule has 3 heteroatoms. The van der Waals surface area contributed by atoms with Gasteiger partial charge in [0, 0.05) is 48.6 Å². The van der Waals surface area contributed by atoms with Gasteiger partial charge in [-0.1, -0.05) is 140 Å². The molecule has 0 amide bonds. The normalized spacial score (nSPS) is 13.2. The van der Waals surface area contributed by atoms with Crippen LogP contribution in [0.3, 0.4) is 0 Å². The average Bonchev–Trinajstić information content (AvgIpc) is 3.88. The molecular weight excluding hydrogens is 663 g/mol. The van der Waals surface area contributed by atoms with Crippen LogP contribution in [0.2, 0.25) is 0 Å². The SMILES string of the molecule is CC1(c2cc(N(c3ccc(-c4ccccc4)cc3)c3cccc4c3sc3ccccc34)cc3c2oc2ccccc23)c2ccccc2-c2ccccc21. The van der Waals surface area contributed by atoms with Crippen molar-refractivity contribution in [3.8, 4) is 22.3 Å². The summed E-state index contributed by atoms with van der Waals surface area (Å²) < 4.78 is 9.45. The van der Waals surface area contributed by atoms with Crippen molar-refractivity contribution in [2.45, 2.75) is 12.3 Å². The highest BCUT2D eigenvalue weighted by Gasteiger charge is 2.43. The summed E-state index contributed by atoms with van der Waals surface area (Å²) in [6, 6.07) is 66.2. The van der Waals surface area contributed by atoms with Crippen LogP contribution < -0.4 is 4.90 Å². The zero-order valence-corrected chi connectivity index (χ0v) is 29.9. The van der Waals surface area contributed by atoms with Gasteiger partial charge in [-0.05, 0) is 82.8 Å². The van der Waals surface area contributed by atoms with Gasteiger partial charge in [0.15, 0.2) is 0 Å². The van der Waals surface area contributed by atoms with Gasteiger partial charge in [-0.2, -0.15) is 0 Å². The molecular formula is C50H33NOS. The Labute approximate surface area is 311 Å². The first-order valence-corrected chi connectivity index (χ1v) is 19.0. The second-order valence-electron chi connectivity index (χ2n) is 14.2. The molecule has 0 N–H and O–H groups in total. The molecule has 0 saturated heterocycles. The molecule has 0 saturated carbocycles. The maximum Gasteiger partial charge on any atom is 0.140 e. The van der Waals surface area contributed by atoms with Crippen LogP contribution in [-0.2, 0) is 5.41 Å². The van der Waals surface area contributed by atoms with Crippen LogP contribution in [0.15, 0.2) is 186 Å². The van der Waals surface area contributed by atoms with Crippen molar-refractivity contribution < 1.29 is 4.42 Å². The van der Waals surface area contributed by atoms with E-state index in [0.29, 0.717) is 0 Å². The number of thiophene rings is 1. The first-order valence-electron chi connectivity index (χ1n) is 18.2. The van der Waals surface area contributed by atoms with Crippen LogP contribution in [0.5, 0.6) is 0 Å². The molecule has 2 heterocycles. The third-order valence-electron chi connectivity index (χ3n) is 11.3. The van der Waals surface area contributed by atoms with Gasteiger partial charge in [-0.25, -0.2) is 0 Å². The number of rotatable bonds is 5. The van der Waals surface area contributed by atoms with Crippen LogP contribution >= 0.6 is 11.3 Å². The van der Waals surface area contributed by atoms with Gasteiger partial charge in [0.1, 0.15) is 11.2 Å². The van der Waals surface area contributed by atoms with E-state index in [0.717, 1.165) is 44.6 Å². The van der Waals surface area contributed by atoms with Gasteiger partial charge in [-0.15, -0.1) is 11.3 Å². The van der Waals surface area contributed by atoms with Crippen molar-refractivity contribution in [2.24, 2.45) is 0 Å². The van der Waals surface area contributed by atoms with Crippen molar-refractivity contribution in [3.63, 3.8) is 0 Å². The van der Waals surface area contributed by atoms with E-state index >= 15 is 0 Å². The molecule has 53 heavy (non-hydrogen) atoms. The first-order chi connectivity index (χ1) is 26.2. The smallest absolute Gasteiger partial charge is 0.140 e. The molecule has 1 aliphatic rings. The molecule has 2 nitrogen and oxygen atoms in total. The summed E-state index contributed by atoms with van der Waals surface area (Å²) in [6.45, 7) is 2.38. The summed E-state index contributed by atoms with van der Waals surface area (Å²) in [7, 11) is 0. The van der Waals surface area contributed by atoms with Crippen LogP contribution in [0, 0.1) is 0 Å². The van der Waals surface area contributed by atoms with E-state index in [1.165, 1.54) is 53.6 Å². The minimum absolute atomic E-state index is 0.457. The lowest BCUT2D eigenvalue weighted by molar-refractivity contribution is 0.638. The van der Waals surface area contributed by atoms with Gasteiger partial charge in [-0.3, -0.25) is 0 Å². The van der Waals surface area contributed by atoms with Gasteiger partial charge in [0.25, 0.3) is 0 Å². The Morgan fingerprint density at radius 1 is 0.472 bits per heavy atom. The molecule has 0 aliphatic heterocycles. The Morgan fingerprint density at radius 3 is 1.87 bits per heavy atom. The second kappa shape index (κ2) is 11.5. The van der Waals surface area contributed by atoms with Crippen LogP contribution in [0.25, 0.3) is 64.4 Å². The lowest BCUT2D eigenvalue weighted by Crippen LogP contribution is -2.23. The van der Waals surface area contributed by atoms with E-state index in [-0.39, 0.29) is 0 Å². The Hall–Kier alpha value is -6.42. The Kier molecular flexibility index (Phi) is 6.58. The number of para-hydroxylation sites is 1. The van der Waals surface area contributed by atoms with E-state index in [1.807, 2.05) is 11.3 Å². The largest absolute Gasteiger partial charge is 0.456 e. The summed E-state index contributed by atoms with van der Waals surface area (Å²) >= 11 is 1.86. The summed E-state index contributed by atoms with van der Waals surface area (Å²) in [4.78, 5) is 2.47. The highest BCUT2D eigenvalue weighted by molar-refractivity contribution is 7.26. The lowest BCUT2D eigenvalue weighted by Gasteiger charge is -2.31. The van der Waals surface area contributed by atoms with Crippen molar-refractivity contribution in [2.75, 3.05) is 4.90 Å². The number of nitrogens with zero attached hydrogens (tertiary/aromatic N) is 1. The molecule has 11 rings (SSSR count). The molecule has 10 aromatic rings. The van der Waals surface area contributed by atoms with E-state index in [1.54, 1.807) is 0 Å². The maximum atomic E-state index is 6.90. The van der Waals surface area contributed by atoms with Crippen molar-refractivity contribution >= 4 is 70.5 Å². The zero-order chi connectivity index (χ0) is 35.1. The predicted octanol–water partition coefficient (Wildman–Crippen LogP) is 14.4. The molecule has 0 bridgehead atoms. The number of anilines is 3. The number of benzene rings is 8. The van der Waals surface area contributed by atoms with Crippen LogP contribution in [0.4, 0.5) is 17.1 Å². The number of hydrogen-bond donors (Lipinski definition) is 0. The molecule has 250 valence electrons. The monoisotopic (exact) mass is 695 g/mol. The molecule has 0 radical (unpaired) electrons. The van der Waals surface area contributed by atoms with Crippen molar-refractivity contribution in [3.05, 3.63) is 199 Å². The summed E-state index contributed by atoms with van der Waals surface area (Å²) in [5.41, 5.74) is 13.4. The first kappa shape index (κ1) is 30.2. The fourth-order valence-corrected chi connectivity index (χ4v) is 10.0. The Morgan fingerprint density at radius 2 is 1.09 bits per heavy atom. The second-order valence-corrected chi connectivity index (χ2v) is 15.2. The van der Waals surface area contributed by atoms with Gasteiger partial charge in [0.05, 0.1) is 10.4 Å².